The summed E-state index contributed by atoms with van der Waals surface area (Å²) in [7, 11) is 4.19. The Balaban J connectivity index is 1.58. The van der Waals surface area contributed by atoms with Gasteiger partial charge in [0.05, 0.1) is 12.2 Å². The predicted octanol–water partition coefficient (Wildman–Crippen LogP) is 2.12. The lowest BCUT2D eigenvalue weighted by Crippen LogP contribution is -2.45. The highest BCUT2D eigenvalue weighted by atomic mass is 15.3. The van der Waals surface area contributed by atoms with Crippen LogP contribution >= 0.6 is 0 Å². The van der Waals surface area contributed by atoms with Gasteiger partial charge in [0.15, 0.2) is 5.82 Å². The molecule has 1 saturated heterocycles. The molecule has 0 unspecified atom stereocenters. The molecule has 4 heterocycles. The van der Waals surface area contributed by atoms with Crippen molar-refractivity contribution in [1.29, 1.82) is 0 Å². The van der Waals surface area contributed by atoms with Gasteiger partial charge in [-0.3, -0.25) is 4.98 Å². The van der Waals surface area contributed by atoms with E-state index in [2.05, 4.69) is 53.8 Å². The summed E-state index contributed by atoms with van der Waals surface area (Å²) in [5, 5.41) is 1.09. The zero-order valence-corrected chi connectivity index (χ0v) is 16.1. The van der Waals surface area contributed by atoms with Crippen molar-refractivity contribution < 1.29 is 0 Å². The van der Waals surface area contributed by atoms with Crippen molar-refractivity contribution in [3.63, 3.8) is 0 Å². The van der Waals surface area contributed by atoms with Crippen LogP contribution in [0.15, 0.2) is 36.7 Å². The van der Waals surface area contributed by atoms with E-state index >= 15 is 0 Å². The van der Waals surface area contributed by atoms with Crippen LogP contribution in [0, 0.1) is 6.92 Å². The maximum Gasteiger partial charge on any atom is 0.155 e. The zero-order chi connectivity index (χ0) is 18.8. The topological polar surface area (TPSA) is 61.3 Å². The second-order valence-electron chi connectivity index (χ2n) is 7.12. The first-order valence-corrected chi connectivity index (χ1v) is 9.29. The smallest absolute Gasteiger partial charge is 0.155 e. The van der Waals surface area contributed by atoms with Gasteiger partial charge in [-0.05, 0) is 26.1 Å². The molecule has 7 heteroatoms. The molecule has 0 N–H and O–H groups in total. The van der Waals surface area contributed by atoms with E-state index in [0.717, 1.165) is 60.2 Å². The molecule has 1 aliphatic rings. The molecular weight excluding hydrogens is 338 g/mol. The molecule has 0 bridgehead atoms. The van der Waals surface area contributed by atoms with Gasteiger partial charge in [0.25, 0.3) is 0 Å². The third kappa shape index (κ3) is 3.83. The van der Waals surface area contributed by atoms with Crippen molar-refractivity contribution in [3.05, 3.63) is 48.2 Å². The van der Waals surface area contributed by atoms with E-state index in [1.54, 1.807) is 0 Å². The number of fused-ring (bicyclic) bond motifs is 1. The normalized spacial score (nSPS) is 15.3. The van der Waals surface area contributed by atoms with Crippen LogP contribution in [0.5, 0.6) is 0 Å². The number of rotatable bonds is 4. The largest absolute Gasteiger partial charge is 0.354 e. The highest BCUT2D eigenvalue weighted by molar-refractivity contribution is 5.88. The van der Waals surface area contributed by atoms with Gasteiger partial charge in [-0.2, -0.15) is 0 Å². The van der Waals surface area contributed by atoms with Crippen molar-refractivity contribution in [2.24, 2.45) is 0 Å². The fraction of sp³-hybridized carbons (Fsp3) is 0.400. The summed E-state index contributed by atoms with van der Waals surface area (Å²) in [5.41, 5.74) is 1.90. The number of pyridine rings is 2. The molecule has 0 aromatic carbocycles. The van der Waals surface area contributed by atoms with Crippen LogP contribution in [0.1, 0.15) is 11.5 Å². The summed E-state index contributed by atoms with van der Waals surface area (Å²) in [6.07, 6.45) is 3.64. The number of likely N-dealkylation sites (N-methyl/N-ethyl adjacent to an activating group) is 1. The number of aryl methyl sites for hydroxylation is 1. The summed E-state index contributed by atoms with van der Waals surface area (Å²) in [6, 6.07) is 8.09. The third-order valence-electron chi connectivity index (χ3n) is 4.97. The molecule has 0 saturated carbocycles. The van der Waals surface area contributed by atoms with Crippen LogP contribution < -0.4 is 9.80 Å². The molecule has 0 atom stereocenters. The average molecular weight is 363 g/mol. The molecule has 7 nitrogen and oxygen atoms in total. The van der Waals surface area contributed by atoms with Crippen molar-refractivity contribution in [1.82, 2.24) is 24.8 Å². The van der Waals surface area contributed by atoms with Gasteiger partial charge < -0.3 is 14.7 Å². The SMILES string of the molecule is Cc1nc(CN(C)c2nccc3cccnc23)cc(N2CCN(C)CC2)n1. The minimum atomic E-state index is 0.660. The number of nitrogens with zero attached hydrogens (tertiary/aromatic N) is 7. The maximum absolute atomic E-state index is 4.66. The molecule has 140 valence electrons. The molecule has 27 heavy (non-hydrogen) atoms. The predicted molar refractivity (Wildman–Crippen MR) is 108 cm³/mol. The van der Waals surface area contributed by atoms with Gasteiger partial charge in [-0.25, -0.2) is 15.0 Å². The van der Waals surface area contributed by atoms with E-state index in [1.807, 2.05) is 38.5 Å². The Morgan fingerprint density at radius 1 is 1.04 bits per heavy atom. The summed E-state index contributed by atoms with van der Waals surface area (Å²) in [5.74, 6) is 2.69. The van der Waals surface area contributed by atoms with Crippen molar-refractivity contribution in [2.45, 2.75) is 13.5 Å². The lowest BCUT2D eigenvalue weighted by atomic mass is 10.2. The van der Waals surface area contributed by atoms with Crippen LogP contribution in [0.4, 0.5) is 11.6 Å². The van der Waals surface area contributed by atoms with Crippen LogP contribution in [-0.4, -0.2) is 65.1 Å². The third-order valence-corrected chi connectivity index (χ3v) is 4.97. The first-order chi connectivity index (χ1) is 13.1. The fourth-order valence-corrected chi connectivity index (χ4v) is 3.48. The lowest BCUT2D eigenvalue weighted by molar-refractivity contribution is 0.312. The van der Waals surface area contributed by atoms with E-state index < -0.39 is 0 Å². The van der Waals surface area contributed by atoms with E-state index in [0.29, 0.717) is 6.54 Å². The van der Waals surface area contributed by atoms with E-state index in [1.165, 1.54) is 0 Å². The average Bonchev–Trinajstić information content (AvgIpc) is 2.67. The summed E-state index contributed by atoms with van der Waals surface area (Å²) >= 11 is 0. The fourth-order valence-electron chi connectivity index (χ4n) is 3.48. The number of hydrogen-bond donors (Lipinski definition) is 0. The highest BCUT2D eigenvalue weighted by Gasteiger charge is 2.17. The Morgan fingerprint density at radius 2 is 1.85 bits per heavy atom. The molecule has 4 rings (SSSR count). The molecule has 3 aromatic heterocycles. The quantitative estimate of drug-likeness (QED) is 0.703. The summed E-state index contributed by atoms with van der Waals surface area (Å²) in [6.45, 7) is 6.73. The number of aromatic nitrogens is 4. The standard InChI is InChI=1S/C20H25N7/c1-15-23-17(13-18(24-15)27-11-9-25(2)10-12-27)14-26(3)20-19-16(6-8-22-20)5-4-7-21-19/h4-8,13H,9-12,14H2,1-3H3. The van der Waals surface area contributed by atoms with Gasteiger partial charge in [-0.15, -0.1) is 0 Å². The molecule has 0 radical (unpaired) electrons. The van der Waals surface area contributed by atoms with E-state index in [9.17, 15) is 0 Å². The van der Waals surface area contributed by atoms with Gasteiger partial charge in [-0.1, -0.05) is 6.07 Å². The van der Waals surface area contributed by atoms with Crippen LogP contribution in [0.2, 0.25) is 0 Å². The van der Waals surface area contributed by atoms with E-state index in [-0.39, 0.29) is 0 Å². The molecule has 0 spiro atoms. The number of piperazine rings is 1. The molecule has 1 aliphatic heterocycles. The first kappa shape index (κ1) is 17.6. The first-order valence-electron chi connectivity index (χ1n) is 9.29. The maximum atomic E-state index is 4.66. The van der Waals surface area contributed by atoms with Gasteiger partial charge in [0, 0.05) is 57.1 Å². The number of anilines is 2. The van der Waals surface area contributed by atoms with Crippen LogP contribution in [0.25, 0.3) is 10.9 Å². The molecular formula is C20H25N7. The van der Waals surface area contributed by atoms with Crippen molar-refractivity contribution >= 4 is 22.5 Å². The molecule has 0 amide bonds. The van der Waals surface area contributed by atoms with Crippen LogP contribution in [0.3, 0.4) is 0 Å². The van der Waals surface area contributed by atoms with Crippen molar-refractivity contribution in [3.8, 4) is 0 Å². The Bertz CT molecular complexity index is 929. The molecule has 0 aliphatic carbocycles. The Kier molecular flexibility index (Phi) is 4.85. The minimum Gasteiger partial charge on any atom is -0.354 e. The van der Waals surface area contributed by atoms with Gasteiger partial charge >= 0.3 is 0 Å². The van der Waals surface area contributed by atoms with Gasteiger partial charge in [0.1, 0.15) is 17.2 Å². The summed E-state index contributed by atoms with van der Waals surface area (Å²) in [4.78, 5) is 25.2. The highest BCUT2D eigenvalue weighted by Crippen LogP contribution is 2.23. The molecule has 3 aromatic rings. The van der Waals surface area contributed by atoms with Crippen LogP contribution in [-0.2, 0) is 6.54 Å². The number of hydrogen-bond acceptors (Lipinski definition) is 7. The molecule has 1 fully saturated rings. The van der Waals surface area contributed by atoms with Gasteiger partial charge in [0.2, 0.25) is 0 Å². The van der Waals surface area contributed by atoms with Crippen molar-refractivity contribution in [2.75, 3.05) is 50.1 Å². The zero-order valence-electron chi connectivity index (χ0n) is 16.1. The Hall–Kier alpha value is -2.80. The minimum absolute atomic E-state index is 0.660. The monoisotopic (exact) mass is 363 g/mol. The second kappa shape index (κ2) is 7.44. The summed E-state index contributed by atoms with van der Waals surface area (Å²) < 4.78 is 0. The Morgan fingerprint density at radius 3 is 2.67 bits per heavy atom. The Labute approximate surface area is 159 Å². The lowest BCUT2D eigenvalue weighted by Gasteiger charge is -2.33. The van der Waals surface area contributed by atoms with E-state index in [4.69, 9.17) is 0 Å². The second-order valence-corrected chi connectivity index (χ2v) is 7.12.